The average molecular weight is 522 g/mol. The molecule has 1 N–H and O–H groups in total. The van der Waals surface area contributed by atoms with Crippen molar-refractivity contribution < 1.29 is 9.59 Å². The number of nitrogens with one attached hydrogen (secondary N) is 1. The summed E-state index contributed by atoms with van der Waals surface area (Å²) in [5.74, 6) is 0.515. The molecule has 31 heavy (non-hydrogen) atoms. The second kappa shape index (κ2) is 12.8. The van der Waals surface area contributed by atoms with Crippen LogP contribution >= 0.6 is 58.2 Å². The maximum absolute atomic E-state index is 13.1. The lowest BCUT2D eigenvalue weighted by Gasteiger charge is -2.30. The monoisotopic (exact) mass is 520 g/mol. The second-order valence-corrected chi connectivity index (χ2v) is 9.44. The van der Waals surface area contributed by atoms with Gasteiger partial charge in [-0.2, -0.15) is 0 Å². The molecular weight excluding hydrogens is 498 g/mol. The van der Waals surface area contributed by atoms with Gasteiger partial charge in [0.1, 0.15) is 6.04 Å². The molecule has 1 atom stereocenters. The predicted molar refractivity (Wildman–Crippen MR) is 132 cm³/mol. The lowest BCUT2D eigenvalue weighted by Crippen LogP contribution is -2.49. The van der Waals surface area contributed by atoms with Crippen molar-refractivity contribution in [3.8, 4) is 0 Å². The van der Waals surface area contributed by atoms with E-state index in [0.29, 0.717) is 38.8 Å². The summed E-state index contributed by atoms with van der Waals surface area (Å²) in [5.41, 5.74) is 1.78. The van der Waals surface area contributed by atoms with Gasteiger partial charge in [-0.3, -0.25) is 9.59 Å². The molecule has 168 valence electrons. The van der Waals surface area contributed by atoms with Crippen molar-refractivity contribution in [3.05, 3.63) is 67.6 Å². The van der Waals surface area contributed by atoms with E-state index in [2.05, 4.69) is 5.32 Å². The molecule has 2 aromatic carbocycles. The first-order chi connectivity index (χ1) is 14.8. The Morgan fingerprint density at radius 2 is 1.52 bits per heavy atom. The van der Waals surface area contributed by atoms with Gasteiger partial charge in [0.15, 0.2) is 0 Å². The van der Waals surface area contributed by atoms with Crippen LogP contribution in [-0.2, 0) is 21.9 Å². The van der Waals surface area contributed by atoms with Crippen molar-refractivity contribution in [2.75, 3.05) is 12.3 Å². The smallest absolute Gasteiger partial charge is 0.242 e. The van der Waals surface area contributed by atoms with Crippen LogP contribution < -0.4 is 5.32 Å². The summed E-state index contributed by atoms with van der Waals surface area (Å²) in [6, 6.07) is 10.0. The Hall–Kier alpha value is -1.11. The van der Waals surface area contributed by atoms with E-state index < -0.39 is 6.04 Å². The first kappa shape index (κ1) is 26.1. The number of nitrogens with zero attached hydrogens (tertiary/aromatic N) is 1. The average Bonchev–Trinajstić information content (AvgIpc) is 2.73. The molecule has 0 bridgehead atoms. The molecule has 4 nitrogen and oxygen atoms in total. The highest BCUT2D eigenvalue weighted by atomic mass is 35.5. The molecule has 0 unspecified atom stereocenters. The Bertz CT molecular complexity index is 926. The Balaban J connectivity index is 2.14. The zero-order chi connectivity index (χ0) is 23.0. The van der Waals surface area contributed by atoms with Gasteiger partial charge in [0.2, 0.25) is 11.8 Å². The van der Waals surface area contributed by atoms with Gasteiger partial charge in [0, 0.05) is 18.8 Å². The molecule has 0 radical (unpaired) electrons. The molecular formula is C22H24Cl4N2O2S. The van der Waals surface area contributed by atoms with E-state index in [0.717, 1.165) is 11.1 Å². The normalized spacial score (nSPS) is 11.8. The molecule has 9 heteroatoms. The first-order valence-electron chi connectivity index (χ1n) is 9.79. The van der Waals surface area contributed by atoms with Gasteiger partial charge in [-0.25, -0.2) is 0 Å². The number of thioether (sulfide) groups is 1. The van der Waals surface area contributed by atoms with E-state index in [1.807, 2.05) is 26.0 Å². The third-order valence-corrected chi connectivity index (χ3v) is 7.02. The third-order valence-electron chi connectivity index (χ3n) is 4.55. The molecule has 0 spiro atoms. The van der Waals surface area contributed by atoms with Gasteiger partial charge in [-0.05, 0) is 48.7 Å². The Morgan fingerprint density at radius 1 is 0.935 bits per heavy atom. The number of hydrogen-bond donors (Lipinski definition) is 1. The minimum absolute atomic E-state index is 0.130. The number of rotatable bonds is 10. The summed E-state index contributed by atoms with van der Waals surface area (Å²) in [5, 5.41) is 4.64. The van der Waals surface area contributed by atoms with Crippen LogP contribution in [0.25, 0.3) is 0 Å². The summed E-state index contributed by atoms with van der Waals surface area (Å²) in [6.45, 7) is 4.50. The number of carbonyl (C=O) groups excluding carboxylic acids is 2. The van der Waals surface area contributed by atoms with Crippen LogP contribution in [0.4, 0.5) is 0 Å². The van der Waals surface area contributed by atoms with Crippen molar-refractivity contribution in [2.24, 2.45) is 0 Å². The van der Waals surface area contributed by atoms with Gasteiger partial charge < -0.3 is 10.2 Å². The molecule has 0 saturated heterocycles. The fraction of sp³-hybridized carbons (Fsp3) is 0.364. The van der Waals surface area contributed by atoms with E-state index in [-0.39, 0.29) is 24.1 Å². The van der Waals surface area contributed by atoms with Gasteiger partial charge in [0.05, 0.1) is 25.8 Å². The summed E-state index contributed by atoms with van der Waals surface area (Å²) >= 11 is 25.6. The standard InChI is InChI=1S/C22H24Cl4N2O2S/c1-3-20(22(30)27-4-2)28(11-14-5-7-16(23)18(25)9-14)21(29)13-31-12-15-6-8-17(24)19(26)10-15/h5-10,20H,3-4,11-13H2,1-2H3,(H,27,30)/t20-/m0/s1. The quantitative estimate of drug-likeness (QED) is 0.389. The topological polar surface area (TPSA) is 49.4 Å². The van der Waals surface area contributed by atoms with Crippen molar-refractivity contribution in [1.82, 2.24) is 10.2 Å². The number of hydrogen-bond acceptors (Lipinski definition) is 3. The highest BCUT2D eigenvalue weighted by Gasteiger charge is 2.28. The number of amides is 2. The van der Waals surface area contributed by atoms with E-state index in [4.69, 9.17) is 46.4 Å². The third kappa shape index (κ3) is 7.76. The minimum Gasteiger partial charge on any atom is -0.355 e. The van der Waals surface area contributed by atoms with E-state index in [1.54, 1.807) is 29.2 Å². The van der Waals surface area contributed by atoms with E-state index >= 15 is 0 Å². The number of carbonyl (C=O) groups is 2. The summed E-state index contributed by atoms with van der Waals surface area (Å²) < 4.78 is 0. The lowest BCUT2D eigenvalue weighted by molar-refractivity contribution is -0.139. The molecule has 0 aliphatic rings. The number of likely N-dealkylation sites (N-methyl/N-ethyl adjacent to an activating group) is 1. The zero-order valence-corrected chi connectivity index (χ0v) is 21.1. The SMILES string of the molecule is CCNC(=O)[C@H](CC)N(Cc1ccc(Cl)c(Cl)c1)C(=O)CSCc1ccc(Cl)c(Cl)c1. The van der Waals surface area contributed by atoms with Crippen LogP contribution in [-0.4, -0.2) is 35.1 Å². The van der Waals surface area contributed by atoms with Gasteiger partial charge in [-0.15, -0.1) is 11.8 Å². The van der Waals surface area contributed by atoms with Gasteiger partial charge in [-0.1, -0.05) is 65.5 Å². The Labute approximate surface area is 207 Å². The number of benzene rings is 2. The van der Waals surface area contributed by atoms with Crippen LogP contribution in [0.3, 0.4) is 0 Å². The minimum atomic E-state index is -0.576. The zero-order valence-electron chi connectivity index (χ0n) is 17.3. The van der Waals surface area contributed by atoms with Crippen molar-refractivity contribution in [2.45, 2.75) is 38.6 Å². The maximum Gasteiger partial charge on any atom is 0.242 e. The Kier molecular flexibility index (Phi) is 10.8. The molecule has 0 aromatic heterocycles. The molecule has 2 rings (SSSR count). The highest BCUT2D eigenvalue weighted by Crippen LogP contribution is 2.26. The van der Waals surface area contributed by atoms with E-state index in [9.17, 15) is 9.59 Å². The Morgan fingerprint density at radius 3 is 2.06 bits per heavy atom. The first-order valence-corrected chi connectivity index (χ1v) is 12.5. The lowest BCUT2D eigenvalue weighted by atomic mass is 10.1. The summed E-state index contributed by atoms with van der Waals surface area (Å²) in [6.07, 6.45) is 0.496. The van der Waals surface area contributed by atoms with Gasteiger partial charge in [0.25, 0.3) is 0 Å². The molecule has 0 aliphatic carbocycles. The van der Waals surface area contributed by atoms with Crippen molar-refractivity contribution in [3.63, 3.8) is 0 Å². The molecule has 2 aromatic rings. The van der Waals surface area contributed by atoms with Crippen LogP contribution in [0.15, 0.2) is 36.4 Å². The van der Waals surface area contributed by atoms with Crippen molar-refractivity contribution >= 4 is 70.0 Å². The summed E-state index contributed by atoms with van der Waals surface area (Å²) in [7, 11) is 0. The summed E-state index contributed by atoms with van der Waals surface area (Å²) in [4.78, 5) is 27.4. The maximum atomic E-state index is 13.1. The van der Waals surface area contributed by atoms with Crippen LogP contribution in [0.2, 0.25) is 20.1 Å². The molecule has 0 heterocycles. The predicted octanol–water partition coefficient (Wildman–Crippen LogP) is 6.48. The van der Waals surface area contributed by atoms with Gasteiger partial charge >= 0.3 is 0 Å². The molecule has 0 fully saturated rings. The van der Waals surface area contributed by atoms with E-state index in [1.165, 1.54) is 11.8 Å². The fourth-order valence-electron chi connectivity index (χ4n) is 3.01. The molecule has 0 aliphatic heterocycles. The second-order valence-electron chi connectivity index (χ2n) is 6.83. The number of halogens is 4. The van der Waals surface area contributed by atoms with Crippen molar-refractivity contribution in [1.29, 1.82) is 0 Å². The van der Waals surface area contributed by atoms with Crippen LogP contribution in [0.1, 0.15) is 31.4 Å². The fourth-order valence-corrected chi connectivity index (χ4v) is 4.51. The van der Waals surface area contributed by atoms with Crippen LogP contribution in [0, 0.1) is 0 Å². The molecule has 2 amide bonds. The highest BCUT2D eigenvalue weighted by molar-refractivity contribution is 7.99. The molecule has 0 saturated carbocycles. The largest absolute Gasteiger partial charge is 0.355 e. The van der Waals surface area contributed by atoms with Crippen LogP contribution in [0.5, 0.6) is 0 Å².